The third kappa shape index (κ3) is 3.78. The van der Waals surface area contributed by atoms with Crippen LogP contribution in [0.15, 0.2) is 162 Å². The summed E-state index contributed by atoms with van der Waals surface area (Å²) in [4.78, 5) is 20.4. The smallest absolute Gasteiger partial charge is 0.234 e. The fraction of sp³-hybridized carbons (Fsp3) is 0.146. The molecule has 0 fully saturated rings. The molecular weight excluding hydrogens is 562 g/mol. The molecule has 5 heteroatoms. The maximum Gasteiger partial charge on any atom is 0.234 e. The standard InChI is InChI=1S/C41H33N5/c1-40-27-25-34-35(36(40)45(30-20-10-5-11-21-30)33-24-13-12-22-31(33)40)32-23-14-15-26-41(32,2)46(34)39-43-37(28-16-6-3-7-17-28)42-38(44-39)29-18-8-4-9-19-29/h3-25,27,36H,26H2,1-2H3. The molecule has 46 heavy (non-hydrogen) atoms. The van der Waals surface area contributed by atoms with Crippen LogP contribution in [0.25, 0.3) is 22.8 Å². The molecule has 2 aliphatic carbocycles. The van der Waals surface area contributed by atoms with Crippen molar-refractivity contribution in [2.75, 3.05) is 9.80 Å². The van der Waals surface area contributed by atoms with Crippen molar-refractivity contribution in [3.8, 4) is 22.8 Å². The maximum absolute atomic E-state index is 5.23. The van der Waals surface area contributed by atoms with E-state index in [1.165, 1.54) is 28.1 Å². The highest BCUT2D eigenvalue weighted by Gasteiger charge is 2.58. The van der Waals surface area contributed by atoms with Crippen molar-refractivity contribution in [3.05, 3.63) is 168 Å². The largest absolute Gasteiger partial charge is 0.332 e. The van der Waals surface area contributed by atoms with Crippen molar-refractivity contribution < 1.29 is 0 Å². The van der Waals surface area contributed by atoms with Crippen molar-refractivity contribution in [1.82, 2.24) is 15.0 Å². The summed E-state index contributed by atoms with van der Waals surface area (Å²) in [7, 11) is 0. The van der Waals surface area contributed by atoms with E-state index in [4.69, 9.17) is 15.0 Å². The molecular formula is C41H33N5. The Morgan fingerprint density at radius 2 is 1.30 bits per heavy atom. The first-order valence-corrected chi connectivity index (χ1v) is 16.0. The van der Waals surface area contributed by atoms with Gasteiger partial charge in [0.15, 0.2) is 11.6 Å². The van der Waals surface area contributed by atoms with E-state index in [-0.39, 0.29) is 17.0 Å². The van der Waals surface area contributed by atoms with Crippen LogP contribution >= 0.6 is 0 Å². The molecule has 1 aromatic heterocycles. The molecule has 9 rings (SSSR count). The van der Waals surface area contributed by atoms with E-state index in [1.807, 2.05) is 36.4 Å². The van der Waals surface area contributed by atoms with E-state index in [0.717, 1.165) is 23.2 Å². The maximum atomic E-state index is 5.23. The molecule has 0 saturated heterocycles. The molecule has 5 aromatic rings. The Balaban J connectivity index is 1.30. The SMILES string of the molecule is CC12C=CC3=C(C4=CC=CCC4(C)N3c3nc(-c4ccccc4)nc(-c4ccccc4)n3)C1N(c1ccccc1)c1ccccc12. The van der Waals surface area contributed by atoms with E-state index in [0.29, 0.717) is 17.6 Å². The molecule has 222 valence electrons. The van der Waals surface area contributed by atoms with Crippen LogP contribution < -0.4 is 9.80 Å². The zero-order chi connectivity index (χ0) is 30.9. The number of hydrogen-bond acceptors (Lipinski definition) is 5. The number of rotatable bonds is 4. The van der Waals surface area contributed by atoms with E-state index in [2.05, 4.69) is 133 Å². The normalized spacial score (nSPS) is 24.0. The fourth-order valence-electron chi connectivity index (χ4n) is 7.98. The number of aromatic nitrogens is 3. The van der Waals surface area contributed by atoms with Gasteiger partial charge in [-0.05, 0) is 55.7 Å². The van der Waals surface area contributed by atoms with Gasteiger partial charge >= 0.3 is 0 Å². The first kappa shape index (κ1) is 26.8. The molecule has 5 nitrogen and oxygen atoms in total. The predicted molar refractivity (Wildman–Crippen MR) is 186 cm³/mol. The topological polar surface area (TPSA) is 45.2 Å². The first-order chi connectivity index (χ1) is 22.6. The quantitative estimate of drug-likeness (QED) is 0.208. The van der Waals surface area contributed by atoms with Crippen LogP contribution in [-0.2, 0) is 5.41 Å². The molecule has 3 unspecified atom stereocenters. The summed E-state index contributed by atoms with van der Waals surface area (Å²) >= 11 is 0. The molecule has 3 heterocycles. The third-order valence-corrected chi connectivity index (χ3v) is 10.1. The van der Waals surface area contributed by atoms with Gasteiger partial charge in [-0.25, -0.2) is 4.98 Å². The Labute approximate surface area is 269 Å². The third-order valence-electron chi connectivity index (χ3n) is 10.1. The van der Waals surface area contributed by atoms with E-state index in [9.17, 15) is 0 Å². The van der Waals surface area contributed by atoms with Crippen LogP contribution in [-0.4, -0.2) is 26.5 Å². The lowest BCUT2D eigenvalue weighted by Crippen LogP contribution is -2.45. The molecule has 4 aliphatic rings. The molecule has 0 amide bonds. The Morgan fingerprint density at radius 3 is 1.98 bits per heavy atom. The molecule has 0 N–H and O–H groups in total. The van der Waals surface area contributed by atoms with Gasteiger partial charge in [-0.3, -0.25) is 4.90 Å². The van der Waals surface area contributed by atoms with Gasteiger partial charge in [0, 0.05) is 33.5 Å². The van der Waals surface area contributed by atoms with Crippen LogP contribution in [0.3, 0.4) is 0 Å². The van der Waals surface area contributed by atoms with E-state index < -0.39 is 0 Å². The van der Waals surface area contributed by atoms with Crippen LogP contribution in [0.2, 0.25) is 0 Å². The highest BCUT2D eigenvalue weighted by atomic mass is 15.3. The average Bonchev–Trinajstić information content (AvgIpc) is 3.54. The van der Waals surface area contributed by atoms with Crippen molar-refractivity contribution >= 4 is 17.3 Å². The fourth-order valence-corrected chi connectivity index (χ4v) is 7.98. The van der Waals surface area contributed by atoms with Gasteiger partial charge in [0.2, 0.25) is 5.95 Å². The van der Waals surface area contributed by atoms with Gasteiger partial charge in [-0.15, -0.1) is 0 Å². The number of nitrogens with zero attached hydrogens (tertiary/aromatic N) is 5. The summed E-state index contributed by atoms with van der Waals surface area (Å²) in [5, 5.41) is 0. The average molecular weight is 596 g/mol. The predicted octanol–water partition coefficient (Wildman–Crippen LogP) is 8.97. The van der Waals surface area contributed by atoms with Gasteiger partial charge in [-0.1, -0.05) is 121 Å². The number of allylic oxidation sites excluding steroid dienone is 3. The summed E-state index contributed by atoms with van der Waals surface area (Å²) < 4.78 is 0. The number of benzene rings is 4. The van der Waals surface area contributed by atoms with Crippen LogP contribution in [0.5, 0.6) is 0 Å². The van der Waals surface area contributed by atoms with Gasteiger partial charge in [0.1, 0.15) is 0 Å². The van der Waals surface area contributed by atoms with Crippen LogP contribution in [0.4, 0.5) is 17.3 Å². The molecule has 0 bridgehead atoms. The van der Waals surface area contributed by atoms with E-state index in [1.54, 1.807) is 0 Å². The lowest BCUT2D eigenvalue weighted by atomic mass is 9.69. The van der Waals surface area contributed by atoms with Crippen molar-refractivity contribution in [2.24, 2.45) is 0 Å². The summed E-state index contributed by atoms with van der Waals surface area (Å²) in [5.41, 5.74) is 8.92. The molecule has 4 aromatic carbocycles. The Bertz CT molecular complexity index is 2060. The number of hydrogen-bond donors (Lipinski definition) is 0. The van der Waals surface area contributed by atoms with Crippen molar-refractivity contribution in [3.63, 3.8) is 0 Å². The minimum absolute atomic E-state index is 0.0541. The van der Waals surface area contributed by atoms with Gasteiger partial charge < -0.3 is 4.90 Å². The van der Waals surface area contributed by atoms with Crippen molar-refractivity contribution in [1.29, 1.82) is 0 Å². The van der Waals surface area contributed by atoms with Crippen LogP contribution in [0.1, 0.15) is 25.8 Å². The van der Waals surface area contributed by atoms with Crippen molar-refractivity contribution in [2.45, 2.75) is 37.3 Å². The molecule has 2 aliphatic heterocycles. The van der Waals surface area contributed by atoms with E-state index >= 15 is 0 Å². The van der Waals surface area contributed by atoms with Gasteiger partial charge in [0.05, 0.1) is 17.3 Å². The zero-order valence-corrected chi connectivity index (χ0v) is 25.9. The minimum atomic E-state index is -0.380. The second kappa shape index (κ2) is 9.98. The number of anilines is 3. The minimum Gasteiger partial charge on any atom is -0.332 e. The lowest BCUT2D eigenvalue weighted by molar-refractivity contribution is 0.520. The zero-order valence-electron chi connectivity index (χ0n) is 25.9. The highest BCUT2D eigenvalue weighted by molar-refractivity contribution is 5.83. The monoisotopic (exact) mass is 595 g/mol. The highest BCUT2D eigenvalue weighted by Crippen LogP contribution is 2.60. The second-order valence-electron chi connectivity index (χ2n) is 12.9. The number of para-hydroxylation sites is 2. The molecule has 0 saturated carbocycles. The molecule has 0 spiro atoms. The first-order valence-electron chi connectivity index (χ1n) is 16.0. The van der Waals surface area contributed by atoms with Crippen LogP contribution in [0, 0.1) is 0 Å². The summed E-state index contributed by atoms with van der Waals surface area (Å²) in [6.07, 6.45) is 12.4. The molecule has 0 radical (unpaired) electrons. The molecule has 3 atom stereocenters. The second-order valence-corrected chi connectivity index (χ2v) is 12.9. The summed E-state index contributed by atoms with van der Waals surface area (Å²) in [6.45, 7) is 4.73. The lowest BCUT2D eigenvalue weighted by Gasteiger charge is -2.40. The summed E-state index contributed by atoms with van der Waals surface area (Å²) in [6, 6.07) is 40.2. The number of fused-ring (bicyclic) bond motifs is 6. The van der Waals surface area contributed by atoms with Gasteiger partial charge in [0.25, 0.3) is 0 Å². The summed E-state index contributed by atoms with van der Waals surface area (Å²) in [5.74, 6) is 2.00. The Kier molecular flexibility index (Phi) is 5.82. The Hall–Kier alpha value is -5.55. The van der Waals surface area contributed by atoms with Gasteiger partial charge in [-0.2, -0.15) is 9.97 Å². The Morgan fingerprint density at radius 1 is 0.696 bits per heavy atom.